The molecule has 4 heterocycles. The number of hydrogen-bond donors (Lipinski definition) is 0. The molecule has 0 radical (unpaired) electrons. The maximum atomic E-state index is 13.8. The van der Waals surface area contributed by atoms with Gasteiger partial charge in [-0.3, -0.25) is 19.0 Å². The van der Waals surface area contributed by atoms with E-state index in [4.69, 9.17) is 4.74 Å². The number of thiazole rings is 1. The molecule has 0 aliphatic carbocycles. The molecule has 34 heavy (non-hydrogen) atoms. The maximum Gasteiger partial charge on any atom is 0.338 e. The van der Waals surface area contributed by atoms with E-state index in [0.29, 0.717) is 21.7 Å². The van der Waals surface area contributed by atoms with Gasteiger partial charge >= 0.3 is 5.97 Å². The van der Waals surface area contributed by atoms with Gasteiger partial charge in [0.05, 0.1) is 29.1 Å². The summed E-state index contributed by atoms with van der Waals surface area (Å²) in [7, 11) is 0. The zero-order chi connectivity index (χ0) is 24.1. The lowest BCUT2D eigenvalue weighted by Gasteiger charge is -2.23. The highest BCUT2D eigenvalue weighted by Crippen LogP contribution is 2.36. The number of amides is 2. The van der Waals surface area contributed by atoms with Crippen molar-refractivity contribution in [1.29, 1.82) is 0 Å². The van der Waals surface area contributed by atoms with E-state index in [1.165, 1.54) is 22.8 Å². The summed E-state index contributed by atoms with van der Waals surface area (Å²) in [4.78, 5) is 59.0. The van der Waals surface area contributed by atoms with Gasteiger partial charge in [0.15, 0.2) is 4.80 Å². The number of imide groups is 1. The summed E-state index contributed by atoms with van der Waals surface area (Å²) in [5.41, 5.74) is 1.43. The molecule has 5 rings (SSSR count). The number of ether oxygens (including phenoxy) is 1. The minimum atomic E-state index is -0.722. The number of rotatable bonds is 3. The standard InChI is InChI=1S/C24H19N3O5S2/c1-4-32-23(31)17-12(2)25-24-27(19(17)16-10-7-11-33-16)22(30)20(34-24)18-14-8-5-6-9-15(14)26(13(3)28)21(18)29/h5-11,19H,4H2,1-3H3/t19-/m1/s1. The number of thiophene rings is 1. The van der Waals surface area contributed by atoms with E-state index in [0.717, 1.165) is 21.1 Å². The number of esters is 1. The Kier molecular flexibility index (Phi) is 5.41. The van der Waals surface area contributed by atoms with Gasteiger partial charge in [0, 0.05) is 17.4 Å². The Bertz CT molecular complexity index is 1580. The molecule has 172 valence electrons. The van der Waals surface area contributed by atoms with Crippen molar-refractivity contribution in [3.05, 3.63) is 83.2 Å². The van der Waals surface area contributed by atoms with Crippen LogP contribution in [-0.4, -0.2) is 29.0 Å². The molecule has 1 aromatic carbocycles. The number of carbonyl (C=O) groups is 3. The molecule has 10 heteroatoms. The van der Waals surface area contributed by atoms with Crippen LogP contribution in [0, 0.1) is 0 Å². The zero-order valence-corrected chi connectivity index (χ0v) is 20.2. The first-order valence-electron chi connectivity index (χ1n) is 10.5. The fourth-order valence-corrected chi connectivity index (χ4v) is 6.27. The highest BCUT2D eigenvalue weighted by atomic mass is 32.1. The zero-order valence-electron chi connectivity index (χ0n) is 18.5. The van der Waals surface area contributed by atoms with E-state index >= 15 is 0 Å². The summed E-state index contributed by atoms with van der Waals surface area (Å²) in [5.74, 6) is -1.52. The molecule has 1 atom stereocenters. The number of para-hydroxylation sites is 1. The average molecular weight is 494 g/mol. The normalized spacial score (nSPS) is 18.5. The molecule has 2 aliphatic heterocycles. The third-order valence-corrected chi connectivity index (χ3v) is 7.66. The van der Waals surface area contributed by atoms with Gasteiger partial charge in [-0.15, -0.1) is 11.3 Å². The summed E-state index contributed by atoms with van der Waals surface area (Å²) >= 11 is 2.49. The van der Waals surface area contributed by atoms with E-state index < -0.39 is 29.4 Å². The molecule has 0 unspecified atom stereocenters. The molecule has 0 saturated carbocycles. The number of carbonyl (C=O) groups excluding carboxylic acids is 3. The number of nitrogens with zero attached hydrogens (tertiary/aromatic N) is 3. The summed E-state index contributed by atoms with van der Waals surface area (Å²) in [5, 5.41) is 1.87. The molecule has 3 aromatic rings. The van der Waals surface area contributed by atoms with Crippen molar-refractivity contribution in [2.45, 2.75) is 26.8 Å². The van der Waals surface area contributed by atoms with Gasteiger partial charge < -0.3 is 4.74 Å². The second kappa shape index (κ2) is 8.30. The quantitative estimate of drug-likeness (QED) is 0.521. The number of hydrogen-bond acceptors (Lipinski definition) is 8. The average Bonchev–Trinajstić information content (AvgIpc) is 3.49. The molecular weight excluding hydrogens is 474 g/mol. The first-order valence-corrected chi connectivity index (χ1v) is 12.2. The largest absolute Gasteiger partial charge is 0.463 e. The van der Waals surface area contributed by atoms with Gasteiger partial charge in [-0.25, -0.2) is 14.7 Å². The topological polar surface area (TPSA) is 98.0 Å². The van der Waals surface area contributed by atoms with Crippen molar-refractivity contribution in [3.63, 3.8) is 0 Å². The van der Waals surface area contributed by atoms with E-state index in [2.05, 4.69) is 4.99 Å². The van der Waals surface area contributed by atoms with Gasteiger partial charge in [0.1, 0.15) is 10.6 Å². The predicted molar refractivity (Wildman–Crippen MR) is 128 cm³/mol. The Morgan fingerprint density at radius 3 is 2.59 bits per heavy atom. The van der Waals surface area contributed by atoms with Gasteiger partial charge in [0.2, 0.25) is 5.91 Å². The fourth-order valence-electron chi connectivity index (χ4n) is 4.31. The molecule has 0 spiro atoms. The molecule has 0 N–H and O–H groups in total. The Morgan fingerprint density at radius 2 is 1.91 bits per heavy atom. The van der Waals surface area contributed by atoms with Crippen molar-refractivity contribution >= 4 is 51.7 Å². The Labute approximate surface area is 201 Å². The van der Waals surface area contributed by atoms with Crippen molar-refractivity contribution < 1.29 is 19.1 Å². The van der Waals surface area contributed by atoms with Crippen molar-refractivity contribution in [2.75, 3.05) is 11.5 Å². The molecule has 0 fully saturated rings. The van der Waals surface area contributed by atoms with Crippen LogP contribution in [-0.2, 0) is 19.1 Å². The van der Waals surface area contributed by atoms with Crippen molar-refractivity contribution in [2.24, 2.45) is 4.99 Å². The number of allylic oxidation sites excluding steroid dienone is 1. The van der Waals surface area contributed by atoms with Crippen LogP contribution < -0.4 is 19.8 Å². The summed E-state index contributed by atoms with van der Waals surface area (Å²) < 4.78 is 6.91. The second-order valence-electron chi connectivity index (χ2n) is 7.69. The van der Waals surface area contributed by atoms with Crippen molar-refractivity contribution in [3.8, 4) is 0 Å². The minimum absolute atomic E-state index is 0.165. The number of anilines is 1. The second-order valence-corrected chi connectivity index (χ2v) is 9.65. The SMILES string of the molecule is CCOC(=O)C1=C(C)N=c2sc(=C3C(=O)N(C(C)=O)c4ccccc43)c(=O)n2[C@@H]1c1cccs1. The molecule has 8 nitrogen and oxygen atoms in total. The van der Waals surface area contributed by atoms with Crippen LogP contribution in [0.4, 0.5) is 5.69 Å². The predicted octanol–water partition coefficient (Wildman–Crippen LogP) is 2.12. The molecule has 2 aliphatic rings. The smallest absolute Gasteiger partial charge is 0.338 e. The molecule has 2 aromatic heterocycles. The fraction of sp³-hybridized carbons (Fsp3) is 0.208. The van der Waals surface area contributed by atoms with Gasteiger partial charge in [-0.05, 0) is 31.4 Å². The first kappa shape index (κ1) is 22.2. The first-order chi connectivity index (χ1) is 16.3. The third-order valence-electron chi connectivity index (χ3n) is 5.68. The maximum absolute atomic E-state index is 13.8. The number of benzene rings is 1. The lowest BCUT2D eigenvalue weighted by molar-refractivity contribution is -0.139. The number of aromatic nitrogens is 1. The van der Waals surface area contributed by atoms with Gasteiger partial charge in [-0.2, -0.15) is 0 Å². The van der Waals surface area contributed by atoms with Crippen LogP contribution in [0.2, 0.25) is 0 Å². The lowest BCUT2D eigenvalue weighted by Crippen LogP contribution is -2.41. The van der Waals surface area contributed by atoms with Crippen LogP contribution in [0.25, 0.3) is 5.57 Å². The third kappa shape index (κ3) is 3.21. The van der Waals surface area contributed by atoms with Crippen LogP contribution in [0.1, 0.15) is 37.3 Å². The molecule has 2 amide bonds. The summed E-state index contributed by atoms with van der Waals surface area (Å²) in [6, 6.07) is 9.86. The van der Waals surface area contributed by atoms with Crippen LogP contribution in [0.3, 0.4) is 0 Å². The van der Waals surface area contributed by atoms with Crippen LogP contribution in [0.5, 0.6) is 0 Å². The van der Waals surface area contributed by atoms with Crippen molar-refractivity contribution in [1.82, 2.24) is 4.57 Å². The summed E-state index contributed by atoms with van der Waals surface area (Å²) in [6.45, 7) is 4.92. The van der Waals surface area contributed by atoms with Crippen LogP contribution >= 0.6 is 22.7 Å². The van der Waals surface area contributed by atoms with Gasteiger partial charge in [0.25, 0.3) is 11.5 Å². The van der Waals surface area contributed by atoms with Crippen LogP contribution in [0.15, 0.2) is 62.8 Å². The van der Waals surface area contributed by atoms with E-state index in [9.17, 15) is 19.2 Å². The Balaban J connectivity index is 1.83. The lowest BCUT2D eigenvalue weighted by atomic mass is 10.0. The van der Waals surface area contributed by atoms with E-state index in [1.54, 1.807) is 38.1 Å². The number of fused-ring (bicyclic) bond motifs is 2. The molecular formula is C24H19N3O5S2. The Morgan fingerprint density at radius 1 is 1.15 bits per heavy atom. The summed E-state index contributed by atoms with van der Waals surface area (Å²) in [6.07, 6.45) is 0. The van der Waals surface area contributed by atoms with E-state index in [1.807, 2.05) is 17.5 Å². The minimum Gasteiger partial charge on any atom is -0.463 e. The monoisotopic (exact) mass is 493 g/mol. The highest BCUT2D eigenvalue weighted by molar-refractivity contribution is 7.10. The highest BCUT2D eigenvalue weighted by Gasteiger charge is 2.38. The molecule has 0 bridgehead atoms. The van der Waals surface area contributed by atoms with E-state index in [-0.39, 0.29) is 22.3 Å². The Hall–Kier alpha value is -3.63. The molecule has 0 saturated heterocycles. The van der Waals surface area contributed by atoms with Gasteiger partial charge in [-0.1, -0.05) is 35.6 Å².